The Labute approximate surface area is 182 Å². The molecule has 0 N–H and O–H groups in total. The average molecular weight is 428 g/mol. The van der Waals surface area contributed by atoms with E-state index < -0.39 is 5.97 Å². The Morgan fingerprint density at radius 1 is 1.10 bits per heavy atom. The number of nitrogens with zero attached hydrogens (tertiary/aromatic N) is 3. The summed E-state index contributed by atoms with van der Waals surface area (Å²) >= 11 is 1.48. The third-order valence-electron chi connectivity index (χ3n) is 5.36. The van der Waals surface area contributed by atoms with Crippen LogP contribution in [-0.2, 0) is 15.3 Å². The van der Waals surface area contributed by atoms with E-state index in [0.29, 0.717) is 16.5 Å². The van der Waals surface area contributed by atoms with Crippen LogP contribution < -0.4 is 0 Å². The topological polar surface area (TPSA) is 72.4 Å². The van der Waals surface area contributed by atoms with Crippen LogP contribution in [0.4, 0.5) is 0 Å². The van der Waals surface area contributed by atoms with Crippen LogP contribution in [0.1, 0.15) is 60.4 Å². The number of hydrogen-bond donors (Lipinski definition) is 0. The molecular weight excluding hydrogens is 398 g/mol. The molecule has 1 amide bonds. The lowest BCUT2D eigenvalue weighted by Crippen LogP contribution is -2.49. The van der Waals surface area contributed by atoms with Gasteiger partial charge in [-0.2, -0.15) is 0 Å². The van der Waals surface area contributed by atoms with Crippen LogP contribution in [0.25, 0.3) is 0 Å². The quantitative estimate of drug-likeness (QED) is 0.388. The molecule has 7 heteroatoms. The van der Waals surface area contributed by atoms with E-state index in [1.807, 2.05) is 36.9 Å². The summed E-state index contributed by atoms with van der Waals surface area (Å²) in [5, 5.41) is 0.680. The van der Waals surface area contributed by atoms with Gasteiger partial charge in [0, 0.05) is 29.2 Å². The summed E-state index contributed by atoms with van der Waals surface area (Å²) in [6.45, 7) is 7.75. The lowest BCUT2D eigenvalue weighted by molar-refractivity contribution is -0.140. The molecule has 1 aliphatic rings. The van der Waals surface area contributed by atoms with Crippen LogP contribution in [0.3, 0.4) is 0 Å². The monoisotopic (exact) mass is 427 g/mol. The number of amides is 1. The Bertz CT molecular complexity index is 888. The Morgan fingerprint density at radius 3 is 2.40 bits per heavy atom. The SMILES string of the molecule is Cc1cc(C)nc(SCc2ccccc2C(=O)OCC(=O)N2[C@H](C)CCC[C@@H]2C)n1. The first-order chi connectivity index (χ1) is 14.3. The number of aromatic nitrogens is 2. The van der Waals surface area contributed by atoms with Gasteiger partial charge in [0.1, 0.15) is 0 Å². The first kappa shape index (κ1) is 22.3. The van der Waals surface area contributed by atoms with Crippen molar-refractivity contribution >= 4 is 23.6 Å². The molecule has 1 aromatic carbocycles. The van der Waals surface area contributed by atoms with E-state index in [9.17, 15) is 9.59 Å². The predicted molar refractivity (Wildman–Crippen MR) is 117 cm³/mol. The van der Waals surface area contributed by atoms with Gasteiger partial charge < -0.3 is 9.64 Å². The number of carbonyl (C=O) groups is 2. The van der Waals surface area contributed by atoms with E-state index in [1.54, 1.807) is 12.1 Å². The second-order valence-electron chi connectivity index (χ2n) is 7.89. The maximum absolute atomic E-state index is 12.7. The molecule has 6 nitrogen and oxygen atoms in total. The number of carbonyl (C=O) groups excluding carboxylic acids is 2. The molecular formula is C23H29N3O3S. The summed E-state index contributed by atoms with van der Waals surface area (Å²) in [4.78, 5) is 36.1. The van der Waals surface area contributed by atoms with Gasteiger partial charge in [0.05, 0.1) is 5.56 Å². The minimum absolute atomic E-state index is 0.126. The third kappa shape index (κ3) is 5.59. The molecule has 0 spiro atoms. The van der Waals surface area contributed by atoms with Crippen molar-refractivity contribution in [1.29, 1.82) is 0 Å². The molecule has 30 heavy (non-hydrogen) atoms. The molecule has 0 unspecified atom stereocenters. The summed E-state index contributed by atoms with van der Waals surface area (Å²) in [7, 11) is 0. The molecule has 0 saturated carbocycles. The molecule has 1 fully saturated rings. The fraction of sp³-hybridized carbons (Fsp3) is 0.478. The number of benzene rings is 1. The zero-order valence-electron chi connectivity index (χ0n) is 18.1. The van der Waals surface area contributed by atoms with Crippen molar-refractivity contribution in [3.8, 4) is 0 Å². The van der Waals surface area contributed by atoms with Gasteiger partial charge in [0.2, 0.25) is 0 Å². The molecule has 1 aromatic heterocycles. The fourth-order valence-electron chi connectivity index (χ4n) is 3.94. The highest BCUT2D eigenvalue weighted by Gasteiger charge is 2.29. The third-order valence-corrected chi connectivity index (χ3v) is 6.26. The van der Waals surface area contributed by atoms with Crippen LogP contribution in [0.5, 0.6) is 0 Å². The lowest BCUT2D eigenvalue weighted by Gasteiger charge is -2.38. The zero-order valence-corrected chi connectivity index (χ0v) is 18.9. The van der Waals surface area contributed by atoms with Crippen molar-refractivity contribution in [3.63, 3.8) is 0 Å². The highest BCUT2D eigenvalue weighted by Crippen LogP contribution is 2.24. The smallest absolute Gasteiger partial charge is 0.338 e. The Kier molecular flexibility index (Phi) is 7.48. The summed E-state index contributed by atoms with van der Waals surface area (Å²) in [6.07, 6.45) is 3.11. The minimum atomic E-state index is -0.474. The van der Waals surface area contributed by atoms with E-state index in [2.05, 4.69) is 23.8 Å². The van der Waals surface area contributed by atoms with Crippen molar-refractivity contribution in [1.82, 2.24) is 14.9 Å². The van der Waals surface area contributed by atoms with Crippen molar-refractivity contribution in [2.24, 2.45) is 0 Å². The van der Waals surface area contributed by atoms with Crippen molar-refractivity contribution < 1.29 is 14.3 Å². The van der Waals surface area contributed by atoms with Gasteiger partial charge in [0.25, 0.3) is 5.91 Å². The molecule has 2 atom stereocenters. The molecule has 2 aromatic rings. The van der Waals surface area contributed by atoms with Crippen LogP contribution in [0.2, 0.25) is 0 Å². The van der Waals surface area contributed by atoms with Gasteiger partial charge >= 0.3 is 5.97 Å². The second kappa shape index (κ2) is 10.1. The minimum Gasteiger partial charge on any atom is -0.452 e. The van der Waals surface area contributed by atoms with E-state index >= 15 is 0 Å². The van der Waals surface area contributed by atoms with Crippen molar-refractivity contribution in [2.45, 2.75) is 70.0 Å². The van der Waals surface area contributed by atoms with Gasteiger partial charge in [-0.1, -0.05) is 30.0 Å². The van der Waals surface area contributed by atoms with Gasteiger partial charge in [-0.05, 0) is 64.7 Å². The lowest BCUT2D eigenvalue weighted by atomic mass is 9.97. The first-order valence-electron chi connectivity index (χ1n) is 10.4. The maximum atomic E-state index is 12.7. The molecule has 1 saturated heterocycles. The predicted octanol–water partition coefficient (Wildman–Crippen LogP) is 4.33. The number of aryl methyl sites for hydroxylation is 2. The normalized spacial score (nSPS) is 18.9. The number of esters is 1. The zero-order chi connectivity index (χ0) is 21.7. The Morgan fingerprint density at radius 2 is 1.73 bits per heavy atom. The number of piperidine rings is 1. The van der Waals surface area contributed by atoms with E-state index in [1.165, 1.54) is 11.8 Å². The molecule has 0 aliphatic carbocycles. The highest BCUT2D eigenvalue weighted by molar-refractivity contribution is 7.98. The molecule has 0 bridgehead atoms. The van der Waals surface area contributed by atoms with Crippen LogP contribution in [0, 0.1) is 13.8 Å². The Hall–Kier alpha value is -2.41. The molecule has 1 aliphatic heterocycles. The van der Waals surface area contributed by atoms with Gasteiger partial charge in [0.15, 0.2) is 11.8 Å². The largest absolute Gasteiger partial charge is 0.452 e. The molecule has 2 heterocycles. The molecule has 0 radical (unpaired) electrons. The van der Waals surface area contributed by atoms with Crippen LogP contribution in [-0.4, -0.2) is 45.4 Å². The first-order valence-corrected chi connectivity index (χ1v) is 11.3. The fourth-order valence-corrected chi connectivity index (χ4v) is 4.89. The standard InChI is InChI=1S/C23H29N3O3S/c1-15-12-16(2)25-23(24-15)30-14-19-10-5-6-11-20(19)22(28)29-13-21(27)26-17(3)8-7-9-18(26)4/h5-6,10-12,17-18H,7-9,13-14H2,1-4H3/t17-,18+. The highest BCUT2D eigenvalue weighted by atomic mass is 32.2. The summed E-state index contributed by atoms with van der Waals surface area (Å²) in [5.74, 6) is -0.0563. The van der Waals surface area contributed by atoms with E-state index in [0.717, 1.165) is 36.2 Å². The van der Waals surface area contributed by atoms with Gasteiger partial charge in [-0.15, -0.1) is 0 Å². The van der Waals surface area contributed by atoms with Gasteiger partial charge in [-0.25, -0.2) is 14.8 Å². The summed E-state index contributed by atoms with van der Waals surface area (Å²) in [6, 6.07) is 9.60. The number of thioether (sulfide) groups is 1. The van der Waals surface area contributed by atoms with Crippen LogP contribution in [0.15, 0.2) is 35.5 Å². The second-order valence-corrected chi connectivity index (χ2v) is 8.83. The number of ether oxygens (including phenoxy) is 1. The van der Waals surface area contributed by atoms with Crippen molar-refractivity contribution in [2.75, 3.05) is 6.61 Å². The maximum Gasteiger partial charge on any atom is 0.338 e. The van der Waals surface area contributed by atoms with Crippen LogP contribution >= 0.6 is 11.8 Å². The van der Waals surface area contributed by atoms with Crippen molar-refractivity contribution in [3.05, 3.63) is 52.8 Å². The molecule has 160 valence electrons. The summed E-state index contributed by atoms with van der Waals surface area (Å²) < 4.78 is 5.40. The van der Waals surface area contributed by atoms with Gasteiger partial charge in [-0.3, -0.25) is 4.79 Å². The van der Waals surface area contributed by atoms with E-state index in [-0.39, 0.29) is 24.6 Å². The number of likely N-dealkylation sites (tertiary alicyclic amines) is 1. The Balaban J connectivity index is 1.63. The average Bonchev–Trinajstić information content (AvgIpc) is 2.70. The summed E-state index contributed by atoms with van der Waals surface area (Å²) in [5.41, 5.74) is 3.14. The van der Waals surface area contributed by atoms with E-state index in [4.69, 9.17) is 4.74 Å². The molecule has 3 rings (SSSR count). The number of hydrogen-bond acceptors (Lipinski definition) is 6. The number of rotatable bonds is 6.